The molecule has 0 aromatic carbocycles. The molecule has 2 aliphatic carbocycles. The molecule has 2 nitrogen and oxygen atoms in total. The predicted molar refractivity (Wildman–Crippen MR) is 74.7 cm³/mol. The molecular formula is C16H18F4O2. The van der Waals surface area contributed by atoms with Gasteiger partial charge in [-0.2, -0.15) is 0 Å². The topological polar surface area (TPSA) is 29.5 Å². The second kappa shape index (κ2) is 5.91. The Bertz CT molecular complexity index is 587. The van der Waals surface area contributed by atoms with Crippen molar-refractivity contribution in [2.24, 2.45) is 5.41 Å². The van der Waals surface area contributed by atoms with E-state index in [1.807, 2.05) is 0 Å². The van der Waals surface area contributed by atoms with Crippen LogP contribution >= 0.6 is 0 Å². The highest BCUT2D eigenvalue weighted by atomic mass is 19.2. The van der Waals surface area contributed by atoms with E-state index in [4.69, 9.17) is 0 Å². The van der Waals surface area contributed by atoms with Gasteiger partial charge in [-0.3, -0.25) is 0 Å². The van der Waals surface area contributed by atoms with Crippen molar-refractivity contribution >= 4 is 0 Å². The van der Waals surface area contributed by atoms with Crippen molar-refractivity contribution in [2.75, 3.05) is 7.11 Å². The van der Waals surface area contributed by atoms with Gasteiger partial charge >= 0.3 is 0 Å². The summed E-state index contributed by atoms with van der Waals surface area (Å²) in [6.45, 7) is 3.24. The third kappa shape index (κ3) is 2.84. The third-order valence-electron chi connectivity index (χ3n) is 4.18. The Hall–Kier alpha value is -1.56. The fourth-order valence-electron chi connectivity index (χ4n) is 2.65. The van der Waals surface area contributed by atoms with E-state index in [2.05, 4.69) is 4.74 Å². The molecule has 1 N–H and O–H groups in total. The monoisotopic (exact) mass is 318 g/mol. The molecule has 22 heavy (non-hydrogen) atoms. The minimum Gasteiger partial charge on any atom is -0.495 e. The van der Waals surface area contributed by atoms with Crippen LogP contribution in [-0.4, -0.2) is 30.7 Å². The van der Waals surface area contributed by atoms with E-state index in [-0.39, 0.29) is 17.8 Å². The summed E-state index contributed by atoms with van der Waals surface area (Å²) in [5.74, 6) is -2.21. The van der Waals surface area contributed by atoms with Gasteiger partial charge in [0.2, 0.25) is 0 Å². The first-order chi connectivity index (χ1) is 10.2. The van der Waals surface area contributed by atoms with Crippen LogP contribution in [0.2, 0.25) is 0 Å². The van der Waals surface area contributed by atoms with Crippen molar-refractivity contribution in [2.45, 2.75) is 38.7 Å². The van der Waals surface area contributed by atoms with Crippen molar-refractivity contribution in [3.63, 3.8) is 0 Å². The summed E-state index contributed by atoms with van der Waals surface area (Å²) in [6, 6.07) is 0. The lowest BCUT2D eigenvalue weighted by atomic mass is 9.72. The molecule has 0 aromatic heterocycles. The van der Waals surface area contributed by atoms with E-state index in [9.17, 15) is 22.7 Å². The van der Waals surface area contributed by atoms with Crippen LogP contribution in [0.5, 0.6) is 0 Å². The molecule has 6 heteroatoms. The number of hydrogen-bond acceptors (Lipinski definition) is 2. The van der Waals surface area contributed by atoms with E-state index in [0.717, 1.165) is 18.2 Å². The highest BCUT2D eigenvalue weighted by Crippen LogP contribution is 2.44. The Balaban J connectivity index is 2.40. The number of aliphatic hydroxyl groups is 1. The Morgan fingerprint density at radius 1 is 1.23 bits per heavy atom. The SMILES string of the molecule is COC1=C(F)C=C(C(C)(C)C2=CC(F)C(O)C(F)=C2)CC1F. The van der Waals surface area contributed by atoms with Crippen LogP contribution in [0.3, 0.4) is 0 Å². The number of aliphatic hydroxyl groups excluding tert-OH is 1. The van der Waals surface area contributed by atoms with Crippen LogP contribution in [0.15, 0.2) is 46.8 Å². The van der Waals surface area contributed by atoms with Gasteiger partial charge in [-0.15, -0.1) is 0 Å². The van der Waals surface area contributed by atoms with Crippen molar-refractivity contribution < 1.29 is 27.4 Å². The normalized spacial score (nSPS) is 29.8. The van der Waals surface area contributed by atoms with Gasteiger partial charge in [0.25, 0.3) is 0 Å². The van der Waals surface area contributed by atoms with Crippen LogP contribution in [0.1, 0.15) is 20.3 Å². The maximum Gasteiger partial charge on any atom is 0.166 e. The molecule has 0 radical (unpaired) electrons. The molecule has 0 heterocycles. The van der Waals surface area contributed by atoms with Gasteiger partial charge in [-0.25, -0.2) is 17.6 Å². The number of hydrogen-bond donors (Lipinski definition) is 1. The average Bonchev–Trinajstić information content (AvgIpc) is 2.43. The Labute approximate surface area is 126 Å². The fourth-order valence-corrected chi connectivity index (χ4v) is 2.65. The number of rotatable bonds is 3. The van der Waals surface area contributed by atoms with Crippen molar-refractivity contribution in [3.05, 3.63) is 46.8 Å². The maximum atomic E-state index is 14.0. The Kier molecular flexibility index (Phi) is 4.52. The number of ether oxygens (including phenoxy) is 1. The molecular weight excluding hydrogens is 300 g/mol. The van der Waals surface area contributed by atoms with Gasteiger partial charge < -0.3 is 9.84 Å². The lowest BCUT2D eigenvalue weighted by molar-refractivity contribution is 0.109. The van der Waals surface area contributed by atoms with Crippen LogP contribution in [0, 0.1) is 5.41 Å². The summed E-state index contributed by atoms with van der Waals surface area (Å²) in [7, 11) is 1.18. The number of allylic oxidation sites excluding steroid dienone is 6. The number of methoxy groups -OCH3 is 1. The summed E-state index contributed by atoms with van der Waals surface area (Å²) in [5.41, 5.74) is -0.393. The maximum absolute atomic E-state index is 14.0. The minimum atomic E-state index is -1.89. The molecule has 2 rings (SSSR count). The van der Waals surface area contributed by atoms with Gasteiger partial charge in [0.05, 0.1) is 7.11 Å². The molecule has 3 atom stereocenters. The summed E-state index contributed by atoms with van der Waals surface area (Å²) in [6.07, 6.45) is -2.26. The zero-order valence-corrected chi connectivity index (χ0v) is 12.5. The van der Waals surface area contributed by atoms with E-state index in [1.54, 1.807) is 13.8 Å². The van der Waals surface area contributed by atoms with Crippen molar-refractivity contribution in [1.29, 1.82) is 0 Å². The van der Waals surface area contributed by atoms with E-state index < -0.39 is 35.5 Å². The molecule has 0 spiro atoms. The van der Waals surface area contributed by atoms with E-state index in [0.29, 0.717) is 5.57 Å². The molecule has 0 saturated heterocycles. The quantitative estimate of drug-likeness (QED) is 0.797. The summed E-state index contributed by atoms with van der Waals surface area (Å²) >= 11 is 0. The second-order valence-electron chi connectivity index (χ2n) is 5.92. The van der Waals surface area contributed by atoms with Crippen LogP contribution < -0.4 is 0 Å². The zero-order chi connectivity index (χ0) is 16.7. The molecule has 0 fully saturated rings. The molecule has 0 bridgehead atoms. The Morgan fingerprint density at radius 3 is 2.36 bits per heavy atom. The molecule has 0 amide bonds. The van der Waals surface area contributed by atoms with Crippen LogP contribution in [-0.2, 0) is 4.74 Å². The van der Waals surface area contributed by atoms with Gasteiger partial charge in [-0.1, -0.05) is 19.4 Å². The van der Waals surface area contributed by atoms with Crippen molar-refractivity contribution in [3.8, 4) is 0 Å². The largest absolute Gasteiger partial charge is 0.495 e. The third-order valence-corrected chi connectivity index (χ3v) is 4.18. The second-order valence-corrected chi connectivity index (χ2v) is 5.92. The molecule has 0 aliphatic heterocycles. The molecule has 2 aliphatic rings. The van der Waals surface area contributed by atoms with Gasteiger partial charge in [0, 0.05) is 11.8 Å². The van der Waals surface area contributed by atoms with Gasteiger partial charge in [0.15, 0.2) is 23.9 Å². The molecule has 0 saturated carbocycles. The van der Waals surface area contributed by atoms with Gasteiger partial charge in [-0.05, 0) is 23.8 Å². The van der Waals surface area contributed by atoms with Crippen molar-refractivity contribution in [1.82, 2.24) is 0 Å². The molecule has 3 unspecified atom stereocenters. The highest BCUT2D eigenvalue weighted by Gasteiger charge is 2.37. The van der Waals surface area contributed by atoms with E-state index in [1.165, 1.54) is 7.11 Å². The lowest BCUT2D eigenvalue weighted by Crippen LogP contribution is -2.30. The smallest absolute Gasteiger partial charge is 0.166 e. The lowest BCUT2D eigenvalue weighted by Gasteiger charge is -2.35. The first-order valence-corrected chi connectivity index (χ1v) is 6.88. The minimum absolute atomic E-state index is 0.129. The predicted octanol–water partition coefficient (Wildman–Crippen LogP) is 4.00. The standard InChI is InChI=1S/C16H18F4O2/c1-16(2,8-4-10(17)14(21)11(18)5-8)9-6-12(19)15(22-3)13(20)7-9/h4-6,10,13-14,21H,7H2,1-3H3. The first kappa shape index (κ1) is 16.8. The summed E-state index contributed by atoms with van der Waals surface area (Å²) in [5, 5.41) is 9.27. The molecule has 0 aromatic rings. The summed E-state index contributed by atoms with van der Waals surface area (Å²) < 4.78 is 59.7. The Morgan fingerprint density at radius 2 is 1.86 bits per heavy atom. The fraction of sp³-hybridized carbons (Fsp3) is 0.500. The first-order valence-electron chi connectivity index (χ1n) is 6.88. The van der Waals surface area contributed by atoms with Gasteiger partial charge in [0.1, 0.15) is 11.9 Å². The van der Waals surface area contributed by atoms with E-state index >= 15 is 0 Å². The number of alkyl halides is 2. The van der Waals surface area contributed by atoms with Crippen LogP contribution in [0.4, 0.5) is 17.6 Å². The highest BCUT2D eigenvalue weighted by molar-refractivity contribution is 5.44. The molecule has 122 valence electrons. The zero-order valence-electron chi connectivity index (χ0n) is 12.5. The average molecular weight is 318 g/mol. The summed E-state index contributed by atoms with van der Waals surface area (Å²) in [4.78, 5) is 0. The van der Waals surface area contributed by atoms with Crippen LogP contribution in [0.25, 0.3) is 0 Å². The number of halogens is 4.